The van der Waals surface area contributed by atoms with Crippen molar-refractivity contribution in [1.82, 2.24) is 0 Å². The van der Waals surface area contributed by atoms with Crippen molar-refractivity contribution in [3.8, 4) is 5.75 Å². The van der Waals surface area contributed by atoms with Crippen LogP contribution in [0.2, 0.25) is 0 Å². The second kappa shape index (κ2) is 4.82. The quantitative estimate of drug-likeness (QED) is 0.818. The van der Waals surface area contributed by atoms with Crippen LogP contribution in [0.3, 0.4) is 0 Å². The summed E-state index contributed by atoms with van der Waals surface area (Å²) in [6, 6.07) is 5.46. The highest BCUT2D eigenvalue weighted by Gasteiger charge is 2.09. The molecule has 15 heavy (non-hydrogen) atoms. The van der Waals surface area contributed by atoms with E-state index in [1.54, 1.807) is 6.07 Å². The molecule has 1 radical (unpaired) electrons. The van der Waals surface area contributed by atoms with E-state index in [2.05, 4.69) is 13.8 Å². The standard InChI is InChI=1S/C12H16NO2/c1-8(2)6-9-4-5-10(12(13)14)11(7-9)15-3/h4-5,7H,6H2,1-3H3,(H2,13,14). The fourth-order valence-corrected chi connectivity index (χ4v) is 1.46. The fourth-order valence-electron chi connectivity index (χ4n) is 1.46. The van der Waals surface area contributed by atoms with E-state index in [1.807, 2.05) is 12.1 Å². The minimum absolute atomic E-state index is 0.426. The van der Waals surface area contributed by atoms with Crippen LogP contribution in [0.15, 0.2) is 18.2 Å². The van der Waals surface area contributed by atoms with Crippen LogP contribution in [-0.2, 0) is 6.42 Å². The van der Waals surface area contributed by atoms with Gasteiger partial charge in [0.2, 0.25) is 0 Å². The third kappa shape index (κ3) is 2.98. The van der Waals surface area contributed by atoms with Crippen molar-refractivity contribution in [3.63, 3.8) is 0 Å². The van der Waals surface area contributed by atoms with Gasteiger partial charge in [-0.25, -0.2) is 0 Å². The minimum atomic E-state index is -0.462. The largest absolute Gasteiger partial charge is 0.496 e. The average Bonchev–Trinajstić information content (AvgIpc) is 2.16. The zero-order valence-electron chi connectivity index (χ0n) is 9.33. The van der Waals surface area contributed by atoms with Gasteiger partial charge in [-0.2, -0.15) is 0 Å². The maximum Gasteiger partial charge on any atom is 0.252 e. The molecule has 0 aliphatic rings. The van der Waals surface area contributed by atoms with Crippen molar-refractivity contribution < 1.29 is 9.53 Å². The van der Waals surface area contributed by atoms with Gasteiger partial charge in [-0.3, -0.25) is 4.79 Å². The molecule has 0 aliphatic heterocycles. The monoisotopic (exact) mass is 206 g/mol. The van der Waals surface area contributed by atoms with Crippen LogP contribution in [0.1, 0.15) is 29.8 Å². The molecule has 1 aromatic carbocycles. The zero-order valence-corrected chi connectivity index (χ0v) is 9.33. The van der Waals surface area contributed by atoms with Gasteiger partial charge in [0.25, 0.3) is 5.91 Å². The molecule has 0 aromatic heterocycles. The summed E-state index contributed by atoms with van der Waals surface area (Å²) in [7, 11) is 1.54. The third-order valence-corrected chi connectivity index (χ3v) is 2.09. The van der Waals surface area contributed by atoms with E-state index < -0.39 is 5.91 Å². The van der Waals surface area contributed by atoms with Crippen LogP contribution in [0.25, 0.3) is 0 Å². The van der Waals surface area contributed by atoms with E-state index in [0.717, 1.165) is 12.0 Å². The van der Waals surface area contributed by atoms with Crippen molar-refractivity contribution >= 4 is 5.91 Å². The van der Waals surface area contributed by atoms with E-state index in [0.29, 0.717) is 11.3 Å². The molecule has 0 saturated carbocycles. The number of rotatable bonds is 4. The Morgan fingerprint density at radius 1 is 1.40 bits per heavy atom. The molecule has 1 amide bonds. The van der Waals surface area contributed by atoms with E-state index in [-0.39, 0.29) is 0 Å². The molecule has 2 N–H and O–H groups in total. The molecule has 0 unspecified atom stereocenters. The van der Waals surface area contributed by atoms with Gasteiger partial charge in [-0.05, 0) is 30.0 Å². The van der Waals surface area contributed by atoms with Gasteiger partial charge in [-0.15, -0.1) is 0 Å². The first kappa shape index (κ1) is 11.6. The molecule has 1 aromatic rings. The molecule has 1 rings (SSSR count). The Morgan fingerprint density at radius 3 is 2.53 bits per heavy atom. The smallest absolute Gasteiger partial charge is 0.252 e. The van der Waals surface area contributed by atoms with Gasteiger partial charge in [0.15, 0.2) is 0 Å². The maximum absolute atomic E-state index is 11.1. The fraction of sp³-hybridized carbons (Fsp3) is 0.333. The molecule has 0 fully saturated rings. The summed E-state index contributed by atoms with van der Waals surface area (Å²) in [4.78, 5) is 11.1. The Balaban J connectivity index is 3.02. The van der Waals surface area contributed by atoms with Crippen LogP contribution < -0.4 is 10.5 Å². The van der Waals surface area contributed by atoms with Crippen LogP contribution in [0.4, 0.5) is 0 Å². The van der Waals surface area contributed by atoms with E-state index in [4.69, 9.17) is 10.5 Å². The lowest BCUT2D eigenvalue weighted by molar-refractivity contribution is 0.0997. The number of methoxy groups -OCH3 is 1. The van der Waals surface area contributed by atoms with Gasteiger partial charge in [-0.1, -0.05) is 19.9 Å². The molecular weight excluding hydrogens is 190 g/mol. The number of primary amides is 1. The lowest BCUT2D eigenvalue weighted by atomic mass is 10.0. The van der Waals surface area contributed by atoms with Gasteiger partial charge >= 0.3 is 0 Å². The van der Waals surface area contributed by atoms with Crippen LogP contribution in [0, 0.1) is 5.92 Å². The molecule has 0 spiro atoms. The summed E-state index contributed by atoms with van der Waals surface area (Å²) in [5.41, 5.74) is 6.77. The highest BCUT2D eigenvalue weighted by Crippen LogP contribution is 2.21. The molecule has 0 atom stereocenters. The first-order valence-electron chi connectivity index (χ1n) is 4.80. The normalized spacial score (nSPS) is 10.4. The Hall–Kier alpha value is -1.51. The topological polar surface area (TPSA) is 52.3 Å². The van der Waals surface area contributed by atoms with E-state index >= 15 is 0 Å². The van der Waals surface area contributed by atoms with Crippen molar-refractivity contribution in [2.24, 2.45) is 5.73 Å². The minimum Gasteiger partial charge on any atom is -0.496 e. The number of benzene rings is 1. The Labute approximate surface area is 90.2 Å². The van der Waals surface area contributed by atoms with Crippen molar-refractivity contribution in [2.45, 2.75) is 20.3 Å². The number of amides is 1. The Bertz CT molecular complexity index is 359. The Kier molecular flexibility index (Phi) is 3.72. The lowest BCUT2D eigenvalue weighted by Gasteiger charge is -2.09. The highest BCUT2D eigenvalue weighted by atomic mass is 16.5. The number of ether oxygens (including phenoxy) is 1. The van der Waals surface area contributed by atoms with Gasteiger partial charge in [0, 0.05) is 0 Å². The second-order valence-electron chi connectivity index (χ2n) is 3.78. The SMILES string of the molecule is COc1cc(C[C](C)C)ccc1C(N)=O. The van der Waals surface area contributed by atoms with Crippen molar-refractivity contribution in [3.05, 3.63) is 35.2 Å². The number of carbonyl (C=O) groups is 1. The highest BCUT2D eigenvalue weighted by molar-refractivity contribution is 5.95. The van der Waals surface area contributed by atoms with Crippen molar-refractivity contribution in [1.29, 1.82) is 0 Å². The molecule has 3 nitrogen and oxygen atoms in total. The molecule has 81 valence electrons. The molecule has 0 aliphatic carbocycles. The number of nitrogens with two attached hydrogens (primary N) is 1. The molecule has 0 saturated heterocycles. The number of hydrogen-bond donors (Lipinski definition) is 1. The zero-order chi connectivity index (χ0) is 11.4. The maximum atomic E-state index is 11.1. The lowest BCUT2D eigenvalue weighted by Crippen LogP contribution is -2.12. The first-order valence-corrected chi connectivity index (χ1v) is 4.80. The summed E-state index contributed by atoms with van der Waals surface area (Å²) in [6.45, 7) is 4.13. The molecule has 3 heteroatoms. The molecule has 0 bridgehead atoms. The average molecular weight is 206 g/mol. The van der Waals surface area contributed by atoms with Crippen molar-refractivity contribution in [2.75, 3.05) is 7.11 Å². The predicted octanol–water partition coefficient (Wildman–Crippen LogP) is 1.95. The van der Waals surface area contributed by atoms with Gasteiger partial charge in [0.05, 0.1) is 12.7 Å². The predicted molar refractivity (Wildman–Crippen MR) is 59.8 cm³/mol. The van der Waals surface area contributed by atoms with Crippen LogP contribution in [0.5, 0.6) is 5.75 Å². The van der Waals surface area contributed by atoms with E-state index in [1.165, 1.54) is 13.0 Å². The molecule has 0 heterocycles. The first-order chi connectivity index (χ1) is 7.04. The van der Waals surface area contributed by atoms with Gasteiger partial charge in [0.1, 0.15) is 5.75 Å². The summed E-state index contributed by atoms with van der Waals surface area (Å²) in [6.07, 6.45) is 0.884. The van der Waals surface area contributed by atoms with E-state index in [9.17, 15) is 4.79 Å². The summed E-state index contributed by atoms with van der Waals surface area (Å²) in [5, 5.41) is 0. The molecular formula is C12H16NO2. The summed E-state index contributed by atoms with van der Waals surface area (Å²) in [5.74, 6) is 1.39. The van der Waals surface area contributed by atoms with Crippen LogP contribution in [-0.4, -0.2) is 13.0 Å². The summed E-state index contributed by atoms with van der Waals surface area (Å²) < 4.78 is 5.12. The number of carbonyl (C=O) groups excluding carboxylic acids is 1. The number of hydrogen-bond acceptors (Lipinski definition) is 2. The third-order valence-electron chi connectivity index (χ3n) is 2.09. The summed E-state index contributed by atoms with van der Waals surface area (Å²) >= 11 is 0. The second-order valence-corrected chi connectivity index (χ2v) is 3.78. The van der Waals surface area contributed by atoms with Crippen LogP contribution >= 0.6 is 0 Å². The Morgan fingerprint density at radius 2 is 2.07 bits per heavy atom. The van der Waals surface area contributed by atoms with Gasteiger partial charge < -0.3 is 10.5 Å².